The Bertz CT molecular complexity index is 589. The maximum Gasteiger partial charge on any atom is 0.371 e. The quantitative estimate of drug-likeness (QED) is 0.666. The second-order valence-electron chi connectivity index (χ2n) is 4.99. The maximum atomic E-state index is 12.2. The molecule has 6 nitrogen and oxygen atoms in total. The van der Waals surface area contributed by atoms with Crippen LogP contribution in [0.4, 0.5) is 0 Å². The fourth-order valence-electron chi connectivity index (χ4n) is 2.76. The van der Waals surface area contributed by atoms with E-state index in [2.05, 4.69) is 0 Å². The number of allylic oxidation sites excluding steroid dienone is 2. The van der Waals surface area contributed by atoms with E-state index in [0.717, 1.165) is 0 Å². The molecular formula is C14H13NO5. The van der Waals surface area contributed by atoms with Crippen LogP contribution < -0.4 is 0 Å². The molecule has 0 saturated carbocycles. The van der Waals surface area contributed by atoms with Crippen molar-refractivity contribution in [3.05, 3.63) is 35.8 Å². The Balaban J connectivity index is 1.79. The molecule has 104 valence electrons. The molecule has 0 bridgehead atoms. The van der Waals surface area contributed by atoms with Crippen LogP contribution in [-0.2, 0) is 16.1 Å². The number of amides is 2. The third kappa shape index (κ3) is 1.93. The smallest absolute Gasteiger partial charge is 0.371 e. The Morgan fingerprint density at radius 3 is 2.30 bits per heavy atom. The zero-order valence-corrected chi connectivity index (χ0v) is 10.6. The lowest BCUT2D eigenvalue weighted by Gasteiger charge is -2.14. The number of carbonyl (C=O) groups excluding carboxylic acids is 2. The first-order valence-corrected chi connectivity index (χ1v) is 6.40. The van der Waals surface area contributed by atoms with Gasteiger partial charge in [0.25, 0.3) is 0 Å². The zero-order valence-electron chi connectivity index (χ0n) is 10.6. The van der Waals surface area contributed by atoms with Crippen molar-refractivity contribution in [2.45, 2.75) is 19.4 Å². The first-order chi connectivity index (χ1) is 9.58. The number of fused-ring (bicyclic) bond motifs is 1. The van der Waals surface area contributed by atoms with Gasteiger partial charge in [0.15, 0.2) is 0 Å². The summed E-state index contributed by atoms with van der Waals surface area (Å²) in [5.74, 6) is -2.01. The van der Waals surface area contributed by atoms with Crippen LogP contribution in [-0.4, -0.2) is 27.8 Å². The van der Waals surface area contributed by atoms with Crippen LogP contribution in [0.15, 0.2) is 28.7 Å². The van der Waals surface area contributed by atoms with E-state index in [-0.39, 0.29) is 36.0 Å². The lowest BCUT2D eigenvalue weighted by molar-refractivity contribution is -0.140. The van der Waals surface area contributed by atoms with E-state index in [4.69, 9.17) is 9.52 Å². The Morgan fingerprint density at radius 1 is 1.20 bits per heavy atom. The monoisotopic (exact) mass is 275 g/mol. The molecule has 0 aromatic carbocycles. The highest BCUT2D eigenvalue weighted by Crippen LogP contribution is 2.35. The molecule has 1 aromatic heterocycles. The molecule has 0 radical (unpaired) electrons. The number of hydrogen-bond donors (Lipinski definition) is 1. The van der Waals surface area contributed by atoms with Crippen LogP contribution in [0.1, 0.15) is 29.2 Å². The molecule has 1 N–H and O–H groups in total. The summed E-state index contributed by atoms with van der Waals surface area (Å²) in [6, 6.07) is 2.79. The molecule has 1 aromatic rings. The van der Waals surface area contributed by atoms with Crippen molar-refractivity contribution in [1.82, 2.24) is 4.90 Å². The summed E-state index contributed by atoms with van der Waals surface area (Å²) in [4.78, 5) is 36.3. The largest absolute Gasteiger partial charge is 0.475 e. The minimum Gasteiger partial charge on any atom is -0.475 e. The molecular weight excluding hydrogens is 262 g/mol. The second-order valence-corrected chi connectivity index (χ2v) is 4.99. The normalized spacial score (nSPS) is 25.1. The molecule has 2 amide bonds. The van der Waals surface area contributed by atoms with Crippen molar-refractivity contribution < 1.29 is 23.9 Å². The molecule has 2 aliphatic rings. The SMILES string of the molecule is O=C(O)c1ccc(CN2C(=O)[C@H]3CC=CC[C@H]3C2=O)o1. The molecule has 1 aliphatic carbocycles. The molecule has 20 heavy (non-hydrogen) atoms. The predicted molar refractivity (Wildman–Crippen MR) is 66.6 cm³/mol. The lowest BCUT2D eigenvalue weighted by Crippen LogP contribution is -2.30. The topological polar surface area (TPSA) is 87.8 Å². The third-order valence-electron chi connectivity index (χ3n) is 3.79. The minimum absolute atomic E-state index is 0.00204. The van der Waals surface area contributed by atoms with Crippen molar-refractivity contribution in [1.29, 1.82) is 0 Å². The van der Waals surface area contributed by atoms with Gasteiger partial charge in [-0.2, -0.15) is 0 Å². The number of imide groups is 1. The molecule has 0 unspecified atom stereocenters. The summed E-state index contributed by atoms with van der Waals surface area (Å²) in [6.45, 7) is -0.00204. The molecule has 1 fully saturated rings. The number of hydrogen-bond acceptors (Lipinski definition) is 4. The Hall–Kier alpha value is -2.37. The molecule has 6 heteroatoms. The fourth-order valence-corrected chi connectivity index (χ4v) is 2.76. The molecule has 2 atom stereocenters. The Kier molecular flexibility index (Phi) is 2.93. The molecule has 1 aliphatic heterocycles. The average Bonchev–Trinajstić information content (AvgIpc) is 3.00. The molecule has 3 rings (SSSR count). The van der Waals surface area contributed by atoms with Gasteiger partial charge in [0, 0.05) is 0 Å². The van der Waals surface area contributed by atoms with E-state index in [1.165, 1.54) is 17.0 Å². The number of carboxylic acid groups (broad SMARTS) is 1. The van der Waals surface area contributed by atoms with Crippen LogP contribution in [0.5, 0.6) is 0 Å². The molecule has 1 saturated heterocycles. The summed E-state index contributed by atoms with van der Waals surface area (Å²) in [7, 11) is 0. The van der Waals surface area contributed by atoms with Gasteiger partial charge in [-0.25, -0.2) is 4.79 Å². The predicted octanol–water partition coefficient (Wildman–Crippen LogP) is 1.43. The highest BCUT2D eigenvalue weighted by molar-refractivity contribution is 6.05. The van der Waals surface area contributed by atoms with Gasteiger partial charge in [-0.1, -0.05) is 12.2 Å². The van der Waals surface area contributed by atoms with Gasteiger partial charge < -0.3 is 9.52 Å². The van der Waals surface area contributed by atoms with Gasteiger partial charge in [0.1, 0.15) is 5.76 Å². The van der Waals surface area contributed by atoms with E-state index < -0.39 is 5.97 Å². The van der Waals surface area contributed by atoms with Crippen molar-refractivity contribution in [2.75, 3.05) is 0 Å². The zero-order chi connectivity index (χ0) is 14.3. The van der Waals surface area contributed by atoms with Crippen LogP contribution in [0.3, 0.4) is 0 Å². The van der Waals surface area contributed by atoms with Crippen molar-refractivity contribution in [3.8, 4) is 0 Å². The first kappa shape index (κ1) is 12.7. The number of likely N-dealkylation sites (tertiary alicyclic amines) is 1. The van der Waals surface area contributed by atoms with Crippen molar-refractivity contribution in [3.63, 3.8) is 0 Å². The fraction of sp³-hybridized carbons (Fsp3) is 0.357. The van der Waals surface area contributed by atoms with Crippen LogP contribution >= 0.6 is 0 Å². The van der Waals surface area contributed by atoms with E-state index >= 15 is 0 Å². The maximum absolute atomic E-state index is 12.2. The second kappa shape index (κ2) is 4.63. The molecule has 2 heterocycles. The minimum atomic E-state index is -1.17. The van der Waals surface area contributed by atoms with Crippen molar-refractivity contribution in [2.24, 2.45) is 11.8 Å². The van der Waals surface area contributed by atoms with E-state index in [1.807, 2.05) is 12.2 Å². The van der Waals surface area contributed by atoms with Crippen LogP contribution in [0, 0.1) is 11.8 Å². The first-order valence-electron chi connectivity index (χ1n) is 6.40. The number of carboxylic acids is 1. The highest BCUT2D eigenvalue weighted by atomic mass is 16.4. The number of nitrogens with zero attached hydrogens (tertiary/aromatic N) is 1. The number of furan rings is 1. The highest BCUT2D eigenvalue weighted by Gasteiger charge is 2.47. The van der Waals surface area contributed by atoms with Gasteiger partial charge in [0.05, 0.1) is 18.4 Å². The number of rotatable bonds is 3. The Morgan fingerprint density at radius 2 is 1.80 bits per heavy atom. The number of carbonyl (C=O) groups is 3. The van der Waals surface area contributed by atoms with Gasteiger partial charge >= 0.3 is 5.97 Å². The summed E-state index contributed by atoms with van der Waals surface area (Å²) in [5, 5.41) is 8.78. The van der Waals surface area contributed by atoms with Gasteiger partial charge in [-0.15, -0.1) is 0 Å². The van der Waals surface area contributed by atoms with Crippen LogP contribution in [0.2, 0.25) is 0 Å². The lowest BCUT2D eigenvalue weighted by atomic mass is 9.85. The van der Waals surface area contributed by atoms with Gasteiger partial charge in [-0.05, 0) is 25.0 Å². The van der Waals surface area contributed by atoms with E-state index in [9.17, 15) is 14.4 Å². The van der Waals surface area contributed by atoms with Gasteiger partial charge in [0.2, 0.25) is 17.6 Å². The third-order valence-corrected chi connectivity index (χ3v) is 3.79. The van der Waals surface area contributed by atoms with E-state index in [0.29, 0.717) is 18.6 Å². The van der Waals surface area contributed by atoms with E-state index in [1.54, 1.807) is 0 Å². The van der Waals surface area contributed by atoms with Gasteiger partial charge in [-0.3, -0.25) is 14.5 Å². The average molecular weight is 275 g/mol. The van der Waals surface area contributed by atoms with Crippen LogP contribution in [0.25, 0.3) is 0 Å². The molecule has 0 spiro atoms. The summed E-state index contributed by atoms with van der Waals surface area (Å²) in [5.41, 5.74) is 0. The summed E-state index contributed by atoms with van der Waals surface area (Å²) >= 11 is 0. The summed E-state index contributed by atoms with van der Waals surface area (Å²) < 4.78 is 5.10. The Labute approximate surface area is 114 Å². The number of aromatic carboxylic acids is 1. The standard InChI is InChI=1S/C14H13NO5/c16-12-9-3-1-2-4-10(9)13(17)15(12)7-8-5-6-11(20-8)14(18)19/h1-2,5-6,9-10H,3-4,7H2,(H,18,19)/t9-,10+. The summed E-state index contributed by atoms with van der Waals surface area (Å²) in [6.07, 6.45) is 5.02. The van der Waals surface area contributed by atoms with Crippen molar-refractivity contribution >= 4 is 17.8 Å².